The summed E-state index contributed by atoms with van der Waals surface area (Å²) >= 11 is 3.15. The Labute approximate surface area is 137 Å². The first-order chi connectivity index (χ1) is 9.59. The number of aryl methyl sites for hydroxylation is 1. The van der Waals surface area contributed by atoms with Crippen molar-refractivity contribution in [3.05, 3.63) is 15.8 Å². The van der Waals surface area contributed by atoms with Crippen LogP contribution in [0.3, 0.4) is 0 Å². The van der Waals surface area contributed by atoms with E-state index in [1.54, 1.807) is 11.8 Å². The number of rotatable bonds is 8. The van der Waals surface area contributed by atoms with Crippen molar-refractivity contribution in [2.24, 2.45) is 0 Å². The molecule has 0 aliphatic rings. The third-order valence-electron chi connectivity index (χ3n) is 3.17. The summed E-state index contributed by atoms with van der Waals surface area (Å²) in [5.41, 5.74) is 0.815. The van der Waals surface area contributed by atoms with Crippen molar-refractivity contribution in [3.8, 4) is 0 Å². The third kappa shape index (κ3) is 5.56. The summed E-state index contributed by atoms with van der Waals surface area (Å²) in [7, 11) is -3.46. The van der Waals surface area contributed by atoms with E-state index in [0.717, 1.165) is 10.4 Å². The predicted molar refractivity (Wildman–Crippen MR) is 93.8 cm³/mol. The van der Waals surface area contributed by atoms with Crippen molar-refractivity contribution >= 4 is 33.1 Å². The molecule has 7 heteroatoms. The van der Waals surface area contributed by atoms with Gasteiger partial charge in [-0.05, 0) is 38.0 Å². The van der Waals surface area contributed by atoms with Gasteiger partial charge in [-0.3, -0.25) is 0 Å². The molecule has 1 aromatic heterocycles. The van der Waals surface area contributed by atoms with Crippen molar-refractivity contribution in [2.45, 2.75) is 56.8 Å². The van der Waals surface area contributed by atoms with E-state index in [0.29, 0.717) is 24.0 Å². The average molecular weight is 351 g/mol. The molecule has 122 valence electrons. The number of nitrogens with one attached hydrogen (secondary N) is 2. The Bertz CT molecular complexity index is 563. The van der Waals surface area contributed by atoms with Crippen LogP contribution in [0.4, 0.5) is 0 Å². The SMILES string of the molecule is CSC(C)(C)CNS(=O)(=O)c1c(C)csc1CNC(C)C. The highest BCUT2D eigenvalue weighted by Gasteiger charge is 2.26. The smallest absolute Gasteiger partial charge is 0.242 e. The zero-order valence-corrected chi connectivity index (χ0v) is 16.1. The molecule has 1 aromatic rings. The molecule has 1 heterocycles. The third-order valence-corrected chi connectivity index (χ3v) is 7.28. The van der Waals surface area contributed by atoms with Gasteiger partial charge >= 0.3 is 0 Å². The first-order valence-electron chi connectivity index (χ1n) is 6.94. The van der Waals surface area contributed by atoms with Crippen LogP contribution in [0.15, 0.2) is 10.3 Å². The first-order valence-corrected chi connectivity index (χ1v) is 10.5. The maximum atomic E-state index is 12.6. The van der Waals surface area contributed by atoms with Gasteiger partial charge in [-0.25, -0.2) is 13.1 Å². The van der Waals surface area contributed by atoms with Gasteiger partial charge in [-0.1, -0.05) is 13.8 Å². The number of sulfonamides is 1. The van der Waals surface area contributed by atoms with Gasteiger partial charge in [0.05, 0.1) is 0 Å². The Hall–Kier alpha value is -0.0800. The second-order valence-corrected chi connectivity index (χ2v) is 10.2. The highest BCUT2D eigenvalue weighted by Crippen LogP contribution is 2.28. The minimum atomic E-state index is -3.46. The fourth-order valence-electron chi connectivity index (χ4n) is 1.68. The number of hydrogen-bond acceptors (Lipinski definition) is 5. The fourth-order valence-corrected chi connectivity index (χ4v) is 4.96. The maximum Gasteiger partial charge on any atom is 0.242 e. The van der Waals surface area contributed by atoms with Crippen LogP contribution in [0, 0.1) is 6.92 Å². The molecule has 1 rings (SSSR count). The summed E-state index contributed by atoms with van der Waals surface area (Å²) in [5, 5.41) is 5.19. The molecule has 0 saturated heterocycles. The average Bonchev–Trinajstić information content (AvgIpc) is 2.76. The maximum absolute atomic E-state index is 12.6. The van der Waals surface area contributed by atoms with Gasteiger partial charge in [0.1, 0.15) is 4.90 Å². The van der Waals surface area contributed by atoms with Crippen LogP contribution in [0.25, 0.3) is 0 Å². The lowest BCUT2D eigenvalue weighted by molar-refractivity contribution is 0.563. The van der Waals surface area contributed by atoms with E-state index >= 15 is 0 Å². The molecule has 0 fully saturated rings. The van der Waals surface area contributed by atoms with Crippen LogP contribution in [0.2, 0.25) is 0 Å². The molecule has 0 aromatic carbocycles. The minimum Gasteiger partial charge on any atom is -0.310 e. The molecule has 0 bridgehead atoms. The van der Waals surface area contributed by atoms with E-state index in [4.69, 9.17) is 0 Å². The quantitative estimate of drug-likeness (QED) is 0.757. The Morgan fingerprint density at radius 3 is 2.52 bits per heavy atom. The first kappa shape index (κ1) is 19.0. The van der Waals surface area contributed by atoms with Crippen molar-refractivity contribution < 1.29 is 8.42 Å². The van der Waals surface area contributed by atoms with Gasteiger partial charge in [0.2, 0.25) is 10.0 Å². The molecule has 21 heavy (non-hydrogen) atoms. The lowest BCUT2D eigenvalue weighted by Crippen LogP contribution is -2.36. The second-order valence-electron chi connectivity index (χ2n) is 5.99. The highest BCUT2D eigenvalue weighted by molar-refractivity contribution is 8.00. The van der Waals surface area contributed by atoms with E-state index < -0.39 is 10.0 Å². The Morgan fingerprint density at radius 2 is 2.00 bits per heavy atom. The van der Waals surface area contributed by atoms with E-state index in [9.17, 15) is 8.42 Å². The largest absolute Gasteiger partial charge is 0.310 e. The summed E-state index contributed by atoms with van der Waals surface area (Å²) < 4.78 is 27.8. The fraction of sp³-hybridized carbons (Fsp3) is 0.714. The van der Waals surface area contributed by atoms with Crippen molar-refractivity contribution in [1.82, 2.24) is 10.0 Å². The summed E-state index contributed by atoms with van der Waals surface area (Å²) in [6.45, 7) is 11.0. The molecular formula is C14H26N2O2S3. The standard InChI is InChI=1S/C14H26N2O2S3/c1-10(2)15-7-12-13(11(3)8-20-12)21(17,18)16-9-14(4,5)19-6/h8,10,15-16H,7,9H2,1-6H3. The molecule has 2 N–H and O–H groups in total. The zero-order valence-electron chi connectivity index (χ0n) is 13.6. The molecule has 0 amide bonds. The van der Waals surface area contributed by atoms with Gasteiger partial charge in [-0.15, -0.1) is 11.3 Å². The van der Waals surface area contributed by atoms with Gasteiger partial charge in [-0.2, -0.15) is 11.8 Å². The molecule has 0 saturated carbocycles. The normalized spacial score (nSPS) is 13.1. The summed E-state index contributed by atoms with van der Waals surface area (Å²) in [4.78, 5) is 1.31. The van der Waals surface area contributed by atoms with Gasteiger partial charge in [0, 0.05) is 28.8 Å². The van der Waals surface area contributed by atoms with Crippen molar-refractivity contribution in [3.63, 3.8) is 0 Å². The second kappa shape index (κ2) is 7.46. The lowest BCUT2D eigenvalue weighted by Gasteiger charge is -2.22. The highest BCUT2D eigenvalue weighted by atomic mass is 32.2. The van der Waals surface area contributed by atoms with E-state index in [1.165, 1.54) is 11.3 Å². The van der Waals surface area contributed by atoms with E-state index in [2.05, 4.69) is 10.0 Å². The molecule has 0 radical (unpaired) electrons. The van der Waals surface area contributed by atoms with Crippen LogP contribution in [-0.2, 0) is 16.6 Å². The Kier molecular flexibility index (Phi) is 6.74. The Morgan fingerprint density at radius 1 is 1.38 bits per heavy atom. The monoisotopic (exact) mass is 350 g/mol. The van der Waals surface area contributed by atoms with E-state index in [-0.39, 0.29) is 4.75 Å². The molecule has 4 nitrogen and oxygen atoms in total. The van der Waals surface area contributed by atoms with Crippen LogP contribution in [0.5, 0.6) is 0 Å². The zero-order chi connectivity index (χ0) is 16.3. The molecular weight excluding hydrogens is 324 g/mol. The lowest BCUT2D eigenvalue weighted by atomic mass is 10.2. The van der Waals surface area contributed by atoms with Gasteiger partial charge in [0.15, 0.2) is 0 Å². The topological polar surface area (TPSA) is 58.2 Å². The van der Waals surface area contributed by atoms with Crippen LogP contribution in [-0.4, -0.2) is 32.0 Å². The molecule has 0 spiro atoms. The van der Waals surface area contributed by atoms with Gasteiger partial charge in [0.25, 0.3) is 0 Å². The summed E-state index contributed by atoms with van der Waals surface area (Å²) in [6, 6.07) is 0.325. The number of hydrogen-bond donors (Lipinski definition) is 2. The van der Waals surface area contributed by atoms with Crippen LogP contribution < -0.4 is 10.0 Å². The van der Waals surface area contributed by atoms with Crippen LogP contribution >= 0.6 is 23.1 Å². The Balaban J connectivity index is 2.95. The minimum absolute atomic E-state index is 0.118. The molecule has 0 aliphatic heterocycles. The molecule has 0 unspecified atom stereocenters. The number of thiophene rings is 1. The summed E-state index contributed by atoms with van der Waals surface area (Å²) in [5.74, 6) is 0. The molecule has 0 atom stereocenters. The summed E-state index contributed by atoms with van der Waals surface area (Å²) in [6.07, 6.45) is 1.99. The predicted octanol–water partition coefficient (Wildman–Crippen LogP) is 2.97. The van der Waals surface area contributed by atoms with Crippen molar-refractivity contribution in [2.75, 3.05) is 12.8 Å². The van der Waals surface area contributed by atoms with Crippen LogP contribution in [0.1, 0.15) is 38.1 Å². The van der Waals surface area contributed by atoms with Gasteiger partial charge < -0.3 is 5.32 Å². The van der Waals surface area contributed by atoms with Crippen molar-refractivity contribution in [1.29, 1.82) is 0 Å². The van der Waals surface area contributed by atoms with E-state index in [1.807, 2.05) is 46.3 Å². The number of thioether (sulfide) groups is 1. The molecule has 0 aliphatic carbocycles.